The van der Waals surface area contributed by atoms with Gasteiger partial charge in [-0.2, -0.15) is 0 Å². The number of carbonyl (C=O) groups excluding carboxylic acids is 1. The number of aliphatic imine (C=N–C) groups is 1. The Balaban J connectivity index is 5.76. The molecule has 24 heavy (non-hydrogen) atoms. The highest BCUT2D eigenvalue weighted by molar-refractivity contribution is 7.67. The van der Waals surface area contributed by atoms with Gasteiger partial charge in [-0.15, -0.1) is 0 Å². The van der Waals surface area contributed by atoms with Gasteiger partial charge in [-0.3, -0.25) is 0 Å². The summed E-state index contributed by atoms with van der Waals surface area (Å²) in [5.41, 5.74) is 0. The highest BCUT2D eigenvalue weighted by atomic mass is 29.7. The average molecular weight is 422 g/mol. The maximum Gasteiger partial charge on any atom is 0.234 e. The third kappa shape index (κ3) is 7.32. The molecule has 0 unspecified atom stereocenters. The van der Waals surface area contributed by atoms with Crippen molar-refractivity contribution >= 4 is 45.5 Å². The summed E-state index contributed by atoms with van der Waals surface area (Å²) in [5.74, 6) is 0. The molecule has 0 aromatic rings. The van der Waals surface area contributed by atoms with Crippen LogP contribution in [0, 0.1) is 0 Å². The zero-order valence-corrected chi connectivity index (χ0v) is 22.8. The molecule has 0 saturated heterocycles. The van der Waals surface area contributed by atoms with Crippen molar-refractivity contribution in [2.24, 2.45) is 4.99 Å². The molecule has 0 N–H and O–H groups in total. The van der Waals surface area contributed by atoms with Crippen molar-refractivity contribution in [3.63, 3.8) is 0 Å². The maximum absolute atomic E-state index is 10.4. The van der Waals surface area contributed by atoms with Gasteiger partial charge in [-0.25, -0.2) is 9.79 Å². The predicted octanol–water partition coefficient (Wildman–Crippen LogP) is 5.06. The second-order valence-electron chi connectivity index (χ2n) is 9.86. The lowest BCUT2D eigenvalue weighted by atomic mass is 10.5. The van der Waals surface area contributed by atoms with Crippen LogP contribution in [0.15, 0.2) is 4.99 Å². The molecule has 0 bridgehead atoms. The van der Waals surface area contributed by atoms with Crippen LogP contribution in [-0.4, -0.2) is 52.0 Å². The topological polar surface area (TPSA) is 47.9 Å². The Kier molecular flexibility index (Phi) is 8.52. The fourth-order valence-electron chi connectivity index (χ4n) is 3.64. The first-order chi connectivity index (χ1) is 10.5. The molecule has 0 aliphatic carbocycles. The van der Waals surface area contributed by atoms with Gasteiger partial charge >= 0.3 is 0 Å². The zero-order valence-electron chi connectivity index (χ0n) is 17.8. The monoisotopic (exact) mass is 421 g/mol. The van der Waals surface area contributed by atoms with Gasteiger partial charge in [0.25, 0.3) is 0 Å². The Morgan fingerprint density at radius 1 is 0.750 bits per heavy atom. The molecule has 0 spiro atoms. The van der Waals surface area contributed by atoms with Crippen LogP contribution in [-0.2, 0) is 13.0 Å². The fraction of sp³-hybridized carbons (Fsp3) is 0.933. The summed E-state index contributed by atoms with van der Waals surface area (Å²) in [4.78, 5) is 14.2. The molecule has 0 heterocycles. The third-order valence-electron chi connectivity index (χ3n) is 4.79. The van der Waals surface area contributed by atoms with E-state index in [1.165, 1.54) is 0 Å². The Morgan fingerprint density at radius 2 is 1.12 bits per heavy atom. The first-order valence-corrected chi connectivity index (χ1v) is 26.3. The summed E-state index contributed by atoms with van der Waals surface area (Å²) in [5, 5.41) is 0. The van der Waals surface area contributed by atoms with Crippen molar-refractivity contribution in [2.45, 2.75) is 84.5 Å². The average Bonchev–Trinajstić information content (AvgIpc) is 2.27. The van der Waals surface area contributed by atoms with E-state index < -0.39 is 39.4 Å². The molecule has 0 amide bonds. The van der Waals surface area contributed by atoms with Gasteiger partial charge in [0.05, 0.1) is 13.7 Å². The quantitative estimate of drug-likeness (QED) is 0.214. The Morgan fingerprint density at radius 3 is 1.42 bits per heavy atom. The molecule has 0 saturated carbocycles. The standard InChI is InChI=1S/C15H39NO3Si5/c1-20(2,3)18-22(7,8)24(11,14-12-13-16-15-17)23(9,10)19-21(4,5)6/h12-14H2,1-11H3. The summed E-state index contributed by atoms with van der Waals surface area (Å²) in [7, 11) is -8.71. The van der Waals surface area contributed by atoms with Gasteiger partial charge in [0, 0.05) is 0 Å². The molecule has 0 aromatic heterocycles. The Bertz CT molecular complexity index is 435. The minimum Gasteiger partial charge on any atom is -0.458 e. The van der Waals surface area contributed by atoms with E-state index in [1.54, 1.807) is 6.08 Å². The minimum atomic E-state index is -1.87. The minimum absolute atomic E-state index is 0.584. The van der Waals surface area contributed by atoms with Crippen LogP contribution >= 0.6 is 0 Å². The van der Waals surface area contributed by atoms with Gasteiger partial charge in [0.1, 0.15) is 0 Å². The summed E-state index contributed by atoms with van der Waals surface area (Å²) >= 11 is 0. The molecule has 4 nitrogen and oxygen atoms in total. The molecular weight excluding hydrogens is 383 g/mol. The van der Waals surface area contributed by atoms with Gasteiger partial charge in [0.15, 0.2) is 32.3 Å². The molecule has 0 aliphatic rings. The van der Waals surface area contributed by atoms with E-state index in [0.29, 0.717) is 6.54 Å². The van der Waals surface area contributed by atoms with Crippen molar-refractivity contribution < 1.29 is 13.0 Å². The van der Waals surface area contributed by atoms with E-state index in [4.69, 9.17) is 8.23 Å². The molecule has 0 fully saturated rings. The number of hydrogen-bond donors (Lipinski definition) is 0. The lowest BCUT2D eigenvalue weighted by Gasteiger charge is -2.53. The van der Waals surface area contributed by atoms with E-state index in [9.17, 15) is 4.79 Å². The van der Waals surface area contributed by atoms with Crippen LogP contribution in [0.3, 0.4) is 0 Å². The van der Waals surface area contributed by atoms with Gasteiger partial charge in [0.2, 0.25) is 6.08 Å². The summed E-state index contributed by atoms with van der Waals surface area (Å²) in [6.45, 7) is 26.5. The maximum atomic E-state index is 10.4. The molecule has 9 heteroatoms. The number of hydrogen-bond acceptors (Lipinski definition) is 4. The van der Waals surface area contributed by atoms with E-state index in [2.05, 4.69) is 77.0 Å². The molecule has 0 aromatic carbocycles. The summed E-state index contributed by atoms with van der Waals surface area (Å²) < 4.78 is 13.7. The first kappa shape index (κ1) is 24.4. The Hall–Kier alpha value is 0.384. The van der Waals surface area contributed by atoms with Crippen LogP contribution in [0.2, 0.25) is 78.1 Å². The molecule has 0 atom stereocenters. The second-order valence-corrected chi connectivity index (χ2v) is 44.5. The first-order valence-electron chi connectivity index (χ1n) is 8.91. The van der Waals surface area contributed by atoms with Crippen LogP contribution in [0.5, 0.6) is 0 Å². The molecule has 0 rings (SSSR count). The zero-order chi connectivity index (χ0) is 19.4. The molecular formula is C15H39NO3Si5. The van der Waals surface area contributed by atoms with E-state index in [0.717, 1.165) is 12.5 Å². The molecule has 0 radical (unpaired) electrons. The van der Waals surface area contributed by atoms with E-state index in [-0.39, 0.29) is 0 Å². The van der Waals surface area contributed by atoms with E-state index >= 15 is 0 Å². The van der Waals surface area contributed by atoms with Crippen molar-refractivity contribution in [1.82, 2.24) is 0 Å². The van der Waals surface area contributed by atoms with Crippen molar-refractivity contribution in [3.05, 3.63) is 0 Å². The van der Waals surface area contributed by atoms with Gasteiger partial charge in [-0.05, 0) is 71.9 Å². The normalized spacial score (nSPS) is 14.5. The number of nitrogens with zero attached hydrogens (tertiary/aromatic N) is 1. The summed E-state index contributed by atoms with van der Waals surface area (Å²) in [6, 6.07) is 1.14. The smallest absolute Gasteiger partial charge is 0.234 e. The fourth-order valence-corrected chi connectivity index (χ4v) is 55.6. The largest absolute Gasteiger partial charge is 0.458 e. The number of isocyanates is 1. The lowest BCUT2D eigenvalue weighted by Crippen LogP contribution is -2.76. The summed E-state index contributed by atoms with van der Waals surface area (Å²) in [6.07, 6.45) is 2.63. The highest BCUT2D eigenvalue weighted by Gasteiger charge is 2.59. The van der Waals surface area contributed by atoms with E-state index in [1.807, 2.05) is 0 Å². The van der Waals surface area contributed by atoms with Crippen LogP contribution in [0.1, 0.15) is 6.42 Å². The SMILES string of the molecule is C[Si](C)(C)O[Si](C)(C)[Si](C)(CCCN=C=O)[Si](C)(C)O[Si](C)(C)C. The predicted molar refractivity (Wildman–Crippen MR) is 118 cm³/mol. The van der Waals surface area contributed by atoms with Crippen LogP contribution in [0.4, 0.5) is 0 Å². The number of rotatable bonds is 10. The van der Waals surface area contributed by atoms with Crippen LogP contribution in [0.25, 0.3) is 0 Å². The third-order valence-corrected chi connectivity index (χ3v) is 50.6. The van der Waals surface area contributed by atoms with Gasteiger partial charge < -0.3 is 8.23 Å². The second kappa shape index (κ2) is 8.38. The Labute approximate surface area is 154 Å². The van der Waals surface area contributed by atoms with Crippen molar-refractivity contribution in [2.75, 3.05) is 6.54 Å². The van der Waals surface area contributed by atoms with Crippen LogP contribution < -0.4 is 0 Å². The lowest BCUT2D eigenvalue weighted by molar-refractivity contribution is 0.558. The van der Waals surface area contributed by atoms with Crippen molar-refractivity contribution in [3.8, 4) is 0 Å². The molecule has 142 valence electrons. The highest BCUT2D eigenvalue weighted by Crippen LogP contribution is 2.37. The van der Waals surface area contributed by atoms with Gasteiger partial charge in [-0.1, -0.05) is 12.6 Å². The molecule has 0 aliphatic heterocycles. The van der Waals surface area contributed by atoms with Crippen molar-refractivity contribution in [1.29, 1.82) is 0 Å².